The molecule has 20 heavy (non-hydrogen) atoms. The number of rotatable bonds is 5. The number of aliphatic hydroxyl groups is 1. The summed E-state index contributed by atoms with van der Waals surface area (Å²) < 4.78 is 5.61. The molecule has 1 amide bonds. The van der Waals surface area contributed by atoms with Gasteiger partial charge in [-0.3, -0.25) is 4.79 Å². The Bertz CT molecular complexity index is 432. The molecule has 0 aromatic heterocycles. The van der Waals surface area contributed by atoms with Crippen molar-refractivity contribution in [3.05, 3.63) is 29.8 Å². The maximum absolute atomic E-state index is 11.9. The molecule has 2 N–H and O–H groups in total. The Morgan fingerprint density at radius 1 is 1.25 bits per heavy atom. The number of carbonyl (C=O) groups is 1. The lowest BCUT2D eigenvalue weighted by Crippen LogP contribution is -2.46. The van der Waals surface area contributed by atoms with Crippen molar-refractivity contribution < 1.29 is 14.6 Å². The first-order valence-corrected chi connectivity index (χ1v) is 6.93. The van der Waals surface area contributed by atoms with Crippen LogP contribution in [0.2, 0.25) is 0 Å². The Morgan fingerprint density at radius 3 is 2.25 bits per heavy atom. The van der Waals surface area contributed by atoms with E-state index in [1.54, 1.807) is 13.8 Å². The Morgan fingerprint density at radius 2 is 1.80 bits per heavy atom. The van der Waals surface area contributed by atoms with Crippen molar-refractivity contribution in [2.75, 3.05) is 0 Å². The molecule has 0 fully saturated rings. The third-order valence-electron chi connectivity index (χ3n) is 2.63. The zero-order chi connectivity index (χ0) is 15.3. The van der Waals surface area contributed by atoms with Gasteiger partial charge in [0.15, 0.2) is 6.10 Å². The minimum absolute atomic E-state index is 0.134. The Balaban J connectivity index is 2.58. The first-order chi connectivity index (χ1) is 9.17. The fourth-order valence-corrected chi connectivity index (χ4v) is 1.77. The quantitative estimate of drug-likeness (QED) is 0.869. The van der Waals surface area contributed by atoms with Gasteiger partial charge >= 0.3 is 0 Å². The molecular formula is C16H25NO3. The second-order valence-electron chi connectivity index (χ2n) is 6.20. The molecular weight excluding hydrogens is 254 g/mol. The van der Waals surface area contributed by atoms with Crippen LogP contribution in [0.4, 0.5) is 0 Å². The lowest BCUT2D eigenvalue weighted by Gasteiger charge is -2.23. The van der Waals surface area contributed by atoms with E-state index < -0.39 is 6.10 Å². The molecule has 112 valence electrons. The predicted molar refractivity (Wildman–Crippen MR) is 79.8 cm³/mol. The maximum atomic E-state index is 11.9. The fourth-order valence-electron chi connectivity index (χ4n) is 1.77. The van der Waals surface area contributed by atoms with Gasteiger partial charge in [0.1, 0.15) is 5.75 Å². The first-order valence-electron chi connectivity index (χ1n) is 6.93. The minimum Gasteiger partial charge on any atom is -0.481 e. The Kier molecular flexibility index (Phi) is 5.57. The molecule has 0 saturated heterocycles. The predicted octanol–water partition coefficient (Wildman–Crippen LogP) is 2.29. The third-order valence-corrected chi connectivity index (χ3v) is 2.63. The van der Waals surface area contributed by atoms with E-state index in [0.717, 1.165) is 5.56 Å². The van der Waals surface area contributed by atoms with Gasteiger partial charge in [-0.1, -0.05) is 12.1 Å². The summed E-state index contributed by atoms with van der Waals surface area (Å²) in [6.45, 7) is 9.28. The van der Waals surface area contributed by atoms with Crippen LogP contribution in [0.25, 0.3) is 0 Å². The zero-order valence-corrected chi connectivity index (χ0v) is 12.9. The fraction of sp³-hybridized carbons (Fsp3) is 0.562. The number of hydrogen-bond donors (Lipinski definition) is 2. The first kappa shape index (κ1) is 16.5. The largest absolute Gasteiger partial charge is 0.481 e. The molecule has 1 aromatic carbocycles. The van der Waals surface area contributed by atoms with Gasteiger partial charge in [0.25, 0.3) is 5.91 Å². The van der Waals surface area contributed by atoms with Crippen LogP contribution < -0.4 is 10.1 Å². The molecule has 4 nitrogen and oxygen atoms in total. The van der Waals surface area contributed by atoms with Crippen LogP contribution in [-0.2, 0) is 11.2 Å². The van der Waals surface area contributed by atoms with E-state index in [2.05, 4.69) is 5.32 Å². The van der Waals surface area contributed by atoms with Gasteiger partial charge in [0, 0.05) is 5.54 Å². The van der Waals surface area contributed by atoms with E-state index in [-0.39, 0.29) is 17.6 Å². The number of hydrogen-bond acceptors (Lipinski definition) is 3. The van der Waals surface area contributed by atoms with Crippen molar-refractivity contribution in [2.24, 2.45) is 0 Å². The summed E-state index contributed by atoms with van der Waals surface area (Å²) in [5.41, 5.74) is 0.773. The highest BCUT2D eigenvalue weighted by atomic mass is 16.5. The van der Waals surface area contributed by atoms with Gasteiger partial charge in [-0.2, -0.15) is 0 Å². The number of amides is 1. The molecule has 1 aromatic rings. The van der Waals surface area contributed by atoms with E-state index >= 15 is 0 Å². The smallest absolute Gasteiger partial charge is 0.261 e. The summed E-state index contributed by atoms with van der Waals surface area (Å²) in [6, 6.07) is 7.43. The summed E-state index contributed by atoms with van der Waals surface area (Å²) >= 11 is 0. The number of aliphatic hydroxyl groups excluding tert-OH is 1. The molecule has 2 atom stereocenters. The highest BCUT2D eigenvalue weighted by Gasteiger charge is 2.20. The van der Waals surface area contributed by atoms with Crippen molar-refractivity contribution in [1.29, 1.82) is 0 Å². The lowest BCUT2D eigenvalue weighted by molar-refractivity contribution is -0.128. The number of nitrogens with one attached hydrogen (secondary N) is 1. The van der Waals surface area contributed by atoms with E-state index in [0.29, 0.717) is 12.2 Å². The lowest BCUT2D eigenvalue weighted by atomic mass is 10.1. The monoisotopic (exact) mass is 279 g/mol. The number of benzene rings is 1. The summed E-state index contributed by atoms with van der Waals surface area (Å²) in [5, 5.41) is 12.2. The molecule has 0 aliphatic carbocycles. The van der Waals surface area contributed by atoms with Crippen LogP contribution in [0.3, 0.4) is 0 Å². The average molecular weight is 279 g/mol. The summed E-state index contributed by atoms with van der Waals surface area (Å²) in [4.78, 5) is 11.9. The third kappa shape index (κ3) is 6.06. The topological polar surface area (TPSA) is 58.6 Å². The van der Waals surface area contributed by atoms with Crippen LogP contribution in [0.5, 0.6) is 5.75 Å². The molecule has 0 aliphatic heterocycles. The number of ether oxygens (including phenoxy) is 1. The van der Waals surface area contributed by atoms with Gasteiger partial charge in [-0.25, -0.2) is 0 Å². The minimum atomic E-state index is -0.545. The van der Waals surface area contributed by atoms with Gasteiger partial charge in [0.2, 0.25) is 0 Å². The molecule has 0 aliphatic rings. The highest BCUT2D eigenvalue weighted by Crippen LogP contribution is 2.15. The highest BCUT2D eigenvalue weighted by molar-refractivity contribution is 5.81. The molecule has 0 spiro atoms. The van der Waals surface area contributed by atoms with E-state index in [4.69, 9.17) is 4.74 Å². The summed E-state index contributed by atoms with van der Waals surface area (Å²) in [7, 11) is 0. The number of carbonyl (C=O) groups excluding carboxylic acids is 1. The second kappa shape index (κ2) is 6.75. The van der Waals surface area contributed by atoms with E-state index in [1.165, 1.54) is 0 Å². The summed E-state index contributed by atoms with van der Waals surface area (Å²) in [5.74, 6) is 0.515. The molecule has 0 bridgehead atoms. The van der Waals surface area contributed by atoms with Crippen LogP contribution in [-0.4, -0.2) is 28.8 Å². The molecule has 0 heterocycles. The molecule has 1 rings (SSSR count). The van der Waals surface area contributed by atoms with Gasteiger partial charge in [0.05, 0.1) is 6.10 Å². The zero-order valence-electron chi connectivity index (χ0n) is 12.9. The average Bonchev–Trinajstić information content (AvgIpc) is 2.28. The van der Waals surface area contributed by atoms with Crippen molar-refractivity contribution in [1.82, 2.24) is 5.32 Å². The van der Waals surface area contributed by atoms with Crippen LogP contribution >= 0.6 is 0 Å². The normalized spacial score (nSPS) is 14.5. The molecule has 4 heteroatoms. The molecule has 2 unspecified atom stereocenters. The maximum Gasteiger partial charge on any atom is 0.261 e. The standard InChI is InChI=1S/C16H25NO3/c1-11(18)10-13-6-8-14(9-7-13)20-12(2)15(19)17-16(3,4)5/h6-9,11-12,18H,10H2,1-5H3,(H,17,19). The van der Waals surface area contributed by atoms with E-state index in [9.17, 15) is 9.90 Å². The van der Waals surface area contributed by atoms with Crippen molar-refractivity contribution in [2.45, 2.75) is 58.8 Å². The molecule has 0 radical (unpaired) electrons. The Labute approximate surface area is 121 Å². The van der Waals surface area contributed by atoms with E-state index in [1.807, 2.05) is 45.0 Å². The van der Waals surface area contributed by atoms with Crippen LogP contribution in [0, 0.1) is 0 Å². The SMILES string of the molecule is CC(O)Cc1ccc(OC(C)C(=O)NC(C)(C)C)cc1. The molecule has 0 saturated carbocycles. The van der Waals surface area contributed by atoms with Crippen molar-refractivity contribution >= 4 is 5.91 Å². The van der Waals surface area contributed by atoms with Crippen LogP contribution in [0.15, 0.2) is 24.3 Å². The van der Waals surface area contributed by atoms with Crippen molar-refractivity contribution in [3.8, 4) is 5.75 Å². The van der Waals surface area contributed by atoms with Gasteiger partial charge < -0.3 is 15.2 Å². The summed E-state index contributed by atoms with van der Waals surface area (Å²) in [6.07, 6.45) is -0.296. The second-order valence-corrected chi connectivity index (χ2v) is 6.20. The van der Waals surface area contributed by atoms with Crippen LogP contribution in [0.1, 0.15) is 40.2 Å². The van der Waals surface area contributed by atoms with Crippen molar-refractivity contribution in [3.63, 3.8) is 0 Å². The van der Waals surface area contributed by atoms with Gasteiger partial charge in [-0.15, -0.1) is 0 Å². The van der Waals surface area contributed by atoms with Gasteiger partial charge in [-0.05, 0) is 58.7 Å². The Hall–Kier alpha value is -1.55.